The van der Waals surface area contributed by atoms with Gasteiger partial charge in [0.05, 0.1) is 38.2 Å². The highest BCUT2D eigenvalue weighted by Gasteiger charge is 2.58. The lowest BCUT2D eigenvalue weighted by Gasteiger charge is -2.36. The molecule has 1 aromatic heterocycles. The Morgan fingerprint density at radius 1 is 0.677 bits per heavy atom. The van der Waals surface area contributed by atoms with Crippen molar-refractivity contribution >= 4 is 35.3 Å². The van der Waals surface area contributed by atoms with Crippen molar-refractivity contribution in [1.29, 1.82) is 0 Å². The Labute approximate surface area is 379 Å². The van der Waals surface area contributed by atoms with Gasteiger partial charge in [0.15, 0.2) is 0 Å². The standard InChI is InChI=1S/C50H59N7O8/c1-62-49(60)54-44(31-11-15-64-16-12-31)47(58)56-40-20-33(40)22-42(56)38-19-35(25-51-38)27-3-5-28(6-4-27)36-24-37(36)29-7-9-30(10-8-29)39-26-52-46(53-39)43-23-34-21-41(34)57(43)48(59)45(55-50(61)63-2)32-13-17-65-18-14-32/h3-10,25-26,31-34,36-37,40-45H,11-24H2,1-2H3,(H,52,53)(H,54,60)(H,55,61)/t33-,34-,36+,37-,40-,41-,42+,43+,44+,45+/m1/s1. The van der Waals surface area contributed by atoms with E-state index in [9.17, 15) is 19.2 Å². The smallest absolute Gasteiger partial charge is 0.407 e. The molecular formula is C50H59N7O8. The fraction of sp³-hybridized carbons (Fsp3) is 0.560. The molecule has 7 fully saturated rings. The summed E-state index contributed by atoms with van der Waals surface area (Å²) in [4.78, 5) is 70.6. The molecule has 0 radical (unpaired) electrons. The largest absolute Gasteiger partial charge is 0.453 e. The highest BCUT2D eigenvalue weighted by Crippen LogP contribution is 2.56. The molecule has 4 amide bonds. The molecule has 65 heavy (non-hydrogen) atoms. The summed E-state index contributed by atoms with van der Waals surface area (Å²) >= 11 is 0. The minimum Gasteiger partial charge on any atom is -0.453 e. The van der Waals surface area contributed by atoms with Crippen molar-refractivity contribution in [1.82, 2.24) is 30.4 Å². The van der Waals surface area contributed by atoms with Gasteiger partial charge in [-0.2, -0.15) is 0 Å². The van der Waals surface area contributed by atoms with E-state index in [2.05, 4.69) is 64.1 Å². The van der Waals surface area contributed by atoms with Crippen LogP contribution in [0.4, 0.5) is 9.59 Å². The number of rotatable bonds is 12. The van der Waals surface area contributed by atoms with Gasteiger partial charge in [-0.1, -0.05) is 48.5 Å². The molecule has 6 heterocycles. The predicted molar refractivity (Wildman–Crippen MR) is 240 cm³/mol. The summed E-state index contributed by atoms with van der Waals surface area (Å²) in [5.41, 5.74) is 7.97. The van der Waals surface area contributed by atoms with Gasteiger partial charge < -0.3 is 44.4 Å². The lowest BCUT2D eigenvalue weighted by atomic mass is 9.90. The van der Waals surface area contributed by atoms with Crippen LogP contribution in [0.5, 0.6) is 0 Å². The number of likely N-dealkylation sites (tertiary alicyclic amines) is 2. The fourth-order valence-electron chi connectivity index (χ4n) is 11.9. The van der Waals surface area contributed by atoms with Crippen LogP contribution in [-0.4, -0.2) is 120 Å². The minimum atomic E-state index is -0.660. The molecule has 5 aliphatic heterocycles. The van der Waals surface area contributed by atoms with Crippen LogP contribution in [0.1, 0.15) is 105 Å². The van der Waals surface area contributed by atoms with E-state index in [1.165, 1.54) is 25.3 Å². The number of carbonyl (C=O) groups is 4. The predicted octanol–water partition coefficient (Wildman–Crippen LogP) is 6.49. The highest BCUT2D eigenvalue weighted by atomic mass is 16.5. The number of H-pyrrole nitrogens is 1. The number of nitrogens with one attached hydrogen (secondary N) is 3. The molecule has 3 aromatic rings. The summed E-state index contributed by atoms with van der Waals surface area (Å²) in [6.07, 6.45) is 11.1. The summed E-state index contributed by atoms with van der Waals surface area (Å²) in [5, 5.41) is 5.75. The third-order valence-electron chi connectivity index (χ3n) is 15.8. The number of carbonyl (C=O) groups excluding carboxylic acids is 4. The first-order chi connectivity index (χ1) is 31.8. The second-order valence-electron chi connectivity index (χ2n) is 19.6. The maximum absolute atomic E-state index is 14.3. The SMILES string of the molecule is COC(=O)N[C@H](C(=O)N1[C@@H]2C[C@@H]2C[C@H]1C1=NC=C(c2ccc([C@@H]3C[C@@H]3c3ccc(-c4cnc([C@@H]5C[C@H]6C[C@H]6N5C(=O)[C@@H](NC(=O)OC)C5CCOCC5)[nH]4)cc3)cc2)C1)C1CCOCC1. The Morgan fingerprint density at radius 3 is 1.72 bits per heavy atom. The van der Waals surface area contributed by atoms with Crippen molar-refractivity contribution in [3.8, 4) is 11.3 Å². The van der Waals surface area contributed by atoms with Crippen LogP contribution >= 0.6 is 0 Å². The van der Waals surface area contributed by atoms with E-state index in [0.29, 0.717) is 69.4 Å². The van der Waals surface area contributed by atoms with Crippen LogP contribution in [0, 0.1) is 23.7 Å². The normalized spacial score (nSPS) is 30.1. The fourth-order valence-corrected chi connectivity index (χ4v) is 11.9. The van der Waals surface area contributed by atoms with Crippen molar-refractivity contribution in [3.05, 3.63) is 83.4 Å². The van der Waals surface area contributed by atoms with E-state index in [1.807, 2.05) is 22.2 Å². The van der Waals surface area contributed by atoms with Gasteiger partial charge >= 0.3 is 12.2 Å². The molecule has 2 aromatic carbocycles. The number of aromatic nitrogens is 2. The Bertz CT molecular complexity index is 2370. The number of fused-ring (bicyclic) bond motifs is 2. The molecule has 0 unspecified atom stereocenters. The molecular weight excluding hydrogens is 827 g/mol. The number of hydrogen-bond acceptors (Lipinski definition) is 10. The Morgan fingerprint density at radius 2 is 1.18 bits per heavy atom. The molecule has 0 spiro atoms. The number of allylic oxidation sites excluding steroid dienone is 1. The third-order valence-corrected chi connectivity index (χ3v) is 15.8. The van der Waals surface area contributed by atoms with Crippen molar-refractivity contribution in [2.45, 2.75) is 112 Å². The van der Waals surface area contributed by atoms with E-state index in [4.69, 9.17) is 28.9 Å². The van der Waals surface area contributed by atoms with Gasteiger partial charge in [-0.3, -0.25) is 14.6 Å². The van der Waals surface area contributed by atoms with Crippen LogP contribution in [0.3, 0.4) is 0 Å². The van der Waals surface area contributed by atoms with Crippen LogP contribution in [0.15, 0.2) is 65.9 Å². The van der Waals surface area contributed by atoms with E-state index in [-0.39, 0.29) is 47.8 Å². The topological polar surface area (TPSA) is 177 Å². The number of benzene rings is 2. The van der Waals surface area contributed by atoms with Gasteiger partial charge in [-0.15, -0.1) is 0 Å². The van der Waals surface area contributed by atoms with Crippen molar-refractivity contribution in [2.75, 3.05) is 40.6 Å². The lowest BCUT2D eigenvalue weighted by Crippen LogP contribution is -2.56. The summed E-state index contributed by atoms with van der Waals surface area (Å²) in [5.74, 6) is 2.56. The monoisotopic (exact) mass is 885 g/mol. The Balaban J connectivity index is 0.706. The summed E-state index contributed by atoms with van der Waals surface area (Å²) < 4.78 is 21.0. The van der Waals surface area contributed by atoms with Crippen LogP contribution in [0.2, 0.25) is 0 Å². The molecule has 15 nitrogen and oxygen atoms in total. The number of methoxy groups -OCH3 is 2. The van der Waals surface area contributed by atoms with Crippen LogP contribution < -0.4 is 10.6 Å². The first-order valence-corrected chi connectivity index (χ1v) is 23.8. The number of nitrogens with zero attached hydrogens (tertiary/aromatic N) is 4. The van der Waals surface area contributed by atoms with Gasteiger partial charge in [0.2, 0.25) is 11.8 Å². The van der Waals surface area contributed by atoms with Gasteiger partial charge in [0.1, 0.15) is 17.9 Å². The number of imidazole rings is 1. The maximum atomic E-state index is 14.3. The van der Waals surface area contributed by atoms with Gasteiger partial charge in [-0.25, -0.2) is 14.6 Å². The number of amides is 4. The van der Waals surface area contributed by atoms with Gasteiger partial charge in [-0.05, 0) is 121 Å². The molecule has 11 rings (SSSR count). The first-order valence-electron chi connectivity index (χ1n) is 23.8. The number of aromatic amines is 1. The average Bonchev–Trinajstić information content (AvgIpc) is 4.28. The Kier molecular flexibility index (Phi) is 11.2. The number of aliphatic imine (C=N–C) groups is 1. The van der Waals surface area contributed by atoms with E-state index in [1.54, 1.807) is 0 Å². The van der Waals surface area contributed by atoms with Crippen molar-refractivity contribution < 1.29 is 38.1 Å². The third kappa shape index (κ3) is 8.23. The van der Waals surface area contributed by atoms with Gasteiger partial charge in [0.25, 0.3) is 0 Å². The second-order valence-corrected chi connectivity index (χ2v) is 19.6. The van der Waals surface area contributed by atoms with Crippen LogP contribution in [-0.2, 0) is 28.5 Å². The van der Waals surface area contributed by atoms with Gasteiger partial charge in [0, 0.05) is 56.8 Å². The van der Waals surface area contributed by atoms with E-state index >= 15 is 0 Å². The minimum absolute atomic E-state index is 0.00888. The van der Waals surface area contributed by atoms with Crippen LogP contribution in [0.25, 0.3) is 16.8 Å². The van der Waals surface area contributed by atoms with E-state index < -0.39 is 24.3 Å². The summed E-state index contributed by atoms with van der Waals surface area (Å²) in [7, 11) is 2.66. The molecule has 342 valence electrons. The average molecular weight is 886 g/mol. The summed E-state index contributed by atoms with van der Waals surface area (Å²) in [6, 6.07) is 16.6. The van der Waals surface area contributed by atoms with Crippen molar-refractivity contribution in [3.63, 3.8) is 0 Å². The zero-order valence-corrected chi connectivity index (χ0v) is 37.2. The number of alkyl carbamates (subject to hydrolysis) is 2. The molecule has 0 bridgehead atoms. The Hall–Kier alpha value is -5.54. The van der Waals surface area contributed by atoms with E-state index in [0.717, 1.165) is 78.9 Å². The lowest BCUT2D eigenvalue weighted by molar-refractivity contribution is -0.138. The molecule has 15 heteroatoms. The second kappa shape index (κ2) is 17.4. The van der Waals surface area contributed by atoms with Crippen molar-refractivity contribution in [2.24, 2.45) is 28.7 Å². The number of hydrogen-bond donors (Lipinski definition) is 3. The molecule has 4 saturated heterocycles. The molecule has 3 aliphatic carbocycles. The zero-order valence-electron chi connectivity index (χ0n) is 37.2. The maximum Gasteiger partial charge on any atom is 0.407 e. The first kappa shape index (κ1) is 42.1. The number of piperidine rings is 2. The highest BCUT2D eigenvalue weighted by molar-refractivity contribution is 6.04. The quantitative estimate of drug-likeness (QED) is 0.184. The summed E-state index contributed by atoms with van der Waals surface area (Å²) in [6.45, 7) is 2.32. The number of ether oxygens (including phenoxy) is 4. The molecule has 8 aliphatic rings. The molecule has 10 atom stereocenters. The molecule has 3 saturated carbocycles. The molecule has 3 N–H and O–H groups in total. The zero-order chi connectivity index (χ0) is 44.3.